The molecule has 0 aromatic heterocycles. The lowest BCUT2D eigenvalue weighted by molar-refractivity contribution is -0.129. The van der Waals surface area contributed by atoms with Crippen LogP contribution >= 0.6 is 0 Å². The lowest BCUT2D eigenvalue weighted by Gasteiger charge is -2.19. The topological polar surface area (TPSA) is 86.8 Å². The van der Waals surface area contributed by atoms with Gasteiger partial charge in [-0.1, -0.05) is 0 Å². The first-order valence-corrected chi connectivity index (χ1v) is 9.02. The van der Waals surface area contributed by atoms with Gasteiger partial charge in [-0.15, -0.1) is 0 Å². The average molecular weight is 317 g/mol. The highest BCUT2D eigenvalue weighted by Gasteiger charge is 2.36. The van der Waals surface area contributed by atoms with Crippen molar-refractivity contribution in [1.29, 1.82) is 0 Å². The van der Waals surface area contributed by atoms with Gasteiger partial charge < -0.3 is 15.1 Å². The number of hydrogen-bond acceptors (Lipinski definition) is 5. The maximum absolute atomic E-state index is 12.1. The number of nitrogens with zero attached hydrogens (tertiary/aromatic N) is 2. The Morgan fingerprint density at radius 1 is 1.43 bits per heavy atom. The minimum atomic E-state index is -3.00. The van der Waals surface area contributed by atoms with Crippen molar-refractivity contribution in [3.8, 4) is 0 Å². The van der Waals surface area contributed by atoms with E-state index in [9.17, 15) is 18.0 Å². The van der Waals surface area contributed by atoms with Gasteiger partial charge in [0, 0.05) is 32.1 Å². The number of likely N-dealkylation sites (N-methyl/N-ethyl adjacent to an activating group) is 1. The van der Waals surface area contributed by atoms with Crippen LogP contribution in [-0.4, -0.2) is 81.3 Å². The first kappa shape index (κ1) is 16.2. The molecule has 0 bridgehead atoms. The lowest BCUT2D eigenvalue weighted by atomic mass is 10.1. The summed E-state index contributed by atoms with van der Waals surface area (Å²) in [6.07, 6.45) is 0.692. The second-order valence-corrected chi connectivity index (χ2v) is 8.38. The second-order valence-electron chi connectivity index (χ2n) is 6.15. The molecule has 2 rings (SSSR count). The number of rotatable bonds is 5. The zero-order valence-electron chi connectivity index (χ0n) is 12.5. The van der Waals surface area contributed by atoms with Crippen LogP contribution in [0.3, 0.4) is 0 Å². The highest BCUT2D eigenvalue weighted by molar-refractivity contribution is 7.91. The molecule has 0 aromatic carbocycles. The van der Waals surface area contributed by atoms with Gasteiger partial charge in [0.25, 0.3) is 0 Å². The number of likely N-dealkylation sites (tertiary alicyclic amines) is 1. The number of carbonyl (C=O) groups is 2. The molecule has 21 heavy (non-hydrogen) atoms. The third-order valence-electron chi connectivity index (χ3n) is 3.98. The zero-order valence-corrected chi connectivity index (χ0v) is 13.4. The maximum Gasteiger partial charge on any atom is 0.225 e. The van der Waals surface area contributed by atoms with Crippen LogP contribution < -0.4 is 5.32 Å². The SMILES string of the molecule is CN(C)CCN1CC(C(=O)NC2CCS(=O)(=O)C2)CC1=O. The number of nitrogens with one attached hydrogen (secondary N) is 1. The van der Waals surface area contributed by atoms with E-state index in [4.69, 9.17) is 0 Å². The lowest BCUT2D eigenvalue weighted by Crippen LogP contribution is -2.40. The van der Waals surface area contributed by atoms with Crippen LogP contribution in [0.15, 0.2) is 0 Å². The van der Waals surface area contributed by atoms with Crippen LogP contribution in [-0.2, 0) is 19.4 Å². The van der Waals surface area contributed by atoms with E-state index in [-0.39, 0.29) is 41.7 Å². The van der Waals surface area contributed by atoms with Crippen molar-refractivity contribution < 1.29 is 18.0 Å². The summed E-state index contributed by atoms with van der Waals surface area (Å²) in [6.45, 7) is 1.81. The zero-order chi connectivity index (χ0) is 15.6. The minimum Gasteiger partial charge on any atom is -0.352 e. The van der Waals surface area contributed by atoms with E-state index in [1.54, 1.807) is 4.90 Å². The van der Waals surface area contributed by atoms with Gasteiger partial charge in [-0.3, -0.25) is 9.59 Å². The van der Waals surface area contributed by atoms with Crippen molar-refractivity contribution in [3.05, 3.63) is 0 Å². The van der Waals surface area contributed by atoms with Crippen molar-refractivity contribution in [1.82, 2.24) is 15.1 Å². The van der Waals surface area contributed by atoms with Crippen molar-refractivity contribution in [2.45, 2.75) is 18.9 Å². The fraction of sp³-hybridized carbons (Fsp3) is 0.846. The predicted octanol–water partition coefficient (Wildman–Crippen LogP) is -1.30. The molecule has 0 aromatic rings. The molecule has 0 saturated carbocycles. The normalized spacial score (nSPS) is 28.3. The molecule has 2 unspecified atom stereocenters. The molecule has 120 valence electrons. The van der Waals surface area contributed by atoms with Crippen LogP contribution in [0.25, 0.3) is 0 Å². The predicted molar refractivity (Wildman–Crippen MR) is 78.4 cm³/mol. The van der Waals surface area contributed by atoms with Gasteiger partial charge in [0.05, 0.1) is 17.4 Å². The molecule has 2 saturated heterocycles. The monoisotopic (exact) mass is 317 g/mol. The van der Waals surface area contributed by atoms with Crippen LogP contribution in [0.4, 0.5) is 0 Å². The van der Waals surface area contributed by atoms with Crippen LogP contribution in [0.2, 0.25) is 0 Å². The molecule has 0 radical (unpaired) electrons. The number of amides is 2. The molecular weight excluding hydrogens is 294 g/mol. The summed E-state index contributed by atoms with van der Waals surface area (Å²) in [4.78, 5) is 27.7. The Kier molecular flexibility index (Phi) is 4.88. The molecule has 1 N–H and O–H groups in total. The van der Waals surface area contributed by atoms with E-state index in [0.29, 0.717) is 19.5 Å². The molecule has 2 fully saturated rings. The fourth-order valence-electron chi connectivity index (χ4n) is 2.71. The van der Waals surface area contributed by atoms with Crippen LogP contribution in [0.1, 0.15) is 12.8 Å². The maximum atomic E-state index is 12.1. The summed E-state index contributed by atoms with van der Waals surface area (Å²) < 4.78 is 22.8. The number of sulfone groups is 1. The summed E-state index contributed by atoms with van der Waals surface area (Å²) in [5.74, 6) is -0.405. The largest absolute Gasteiger partial charge is 0.352 e. The summed E-state index contributed by atoms with van der Waals surface area (Å²) in [6, 6.07) is -0.298. The van der Waals surface area contributed by atoms with E-state index >= 15 is 0 Å². The van der Waals surface area contributed by atoms with Crippen molar-refractivity contribution in [2.24, 2.45) is 5.92 Å². The Labute approximate surface area is 125 Å². The van der Waals surface area contributed by atoms with E-state index in [1.807, 2.05) is 19.0 Å². The van der Waals surface area contributed by atoms with E-state index in [0.717, 1.165) is 6.54 Å². The van der Waals surface area contributed by atoms with Crippen LogP contribution in [0.5, 0.6) is 0 Å². The first-order chi connectivity index (χ1) is 9.77. The van der Waals surface area contributed by atoms with E-state index < -0.39 is 9.84 Å². The van der Waals surface area contributed by atoms with Crippen LogP contribution in [0, 0.1) is 5.92 Å². The molecule has 0 aliphatic carbocycles. The Morgan fingerprint density at radius 3 is 2.71 bits per heavy atom. The summed E-state index contributed by atoms with van der Waals surface area (Å²) in [7, 11) is 0.870. The molecule has 8 heteroatoms. The first-order valence-electron chi connectivity index (χ1n) is 7.20. The van der Waals surface area contributed by atoms with Crippen molar-refractivity contribution in [3.63, 3.8) is 0 Å². The van der Waals surface area contributed by atoms with Gasteiger partial charge >= 0.3 is 0 Å². The molecular formula is C13H23N3O4S. The third-order valence-corrected chi connectivity index (χ3v) is 5.75. The van der Waals surface area contributed by atoms with Gasteiger partial charge in [-0.25, -0.2) is 8.42 Å². The molecule has 2 aliphatic heterocycles. The highest BCUT2D eigenvalue weighted by atomic mass is 32.2. The quantitative estimate of drug-likeness (QED) is 0.681. The Bertz CT molecular complexity index is 518. The summed E-state index contributed by atoms with van der Waals surface area (Å²) in [5, 5.41) is 2.77. The number of hydrogen-bond donors (Lipinski definition) is 1. The van der Waals surface area contributed by atoms with E-state index in [1.165, 1.54) is 0 Å². The summed E-state index contributed by atoms with van der Waals surface area (Å²) >= 11 is 0. The second kappa shape index (κ2) is 6.31. The molecule has 2 heterocycles. The Morgan fingerprint density at radius 2 is 2.14 bits per heavy atom. The average Bonchev–Trinajstić information content (AvgIpc) is 2.90. The Balaban J connectivity index is 1.83. The standard InChI is InChI=1S/C13H23N3O4S/c1-15(2)4-5-16-8-10(7-12(16)17)13(18)14-11-3-6-21(19,20)9-11/h10-11H,3-9H2,1-2H3,(H,14,18). The molecule has 2 atom stereocenters. The third kappa shape index (κ3) is 4.41. The highest BCUT2D eigenvalue weighted by Crippen LogP contribution is 2.19. The molecule has 0 spiro atoms. The molecule has 2 aliphatic rings. The molecule has 2 amide bonds. The van der Waals surface area contributed by atoms with E-state index in [2.05, 4.69) is 5.32 Å². The summed E-state index contributed by atoms with van der Waals surface area (Å²) in [5.41, 5.74) is 0. The number of carbonyl (C=O) groups excluding carboxylic acids is 2. The fourth-order valence-corrected chi connectivity index (χ4v) is 4.39. The smallest absolute Gasteiger partial charge is 0.225 e. The van der Waals surface area contributed by atoms with Gasteiger partial charge in [-0.2, -0.15) is 0 Å². The van der Waals surface area contributed by atoms with Gasteiger partial charge in [-0.05, 0) is 20.5 Å². The van der Waals surface area contributed by atoms with Gasteiger partial charge in [0.15, 0.2) is 9.84 Å². The molecule has 7 nitrogen and oxygen atoms in total. The van der Waals surface area contributed by atoms with Crippen molar-refractivity contribution in [2.75, 3.05) is 45.2 Å². The van der Waals surface area contributed by atoms with Gasteiger partial charge in [0.1, 0.15) is 0 Å². The van der Waals surface area contributed by atoms with Gasteiger partial charge in [0.2, 0.25) is 11.8 Å². The Hall–Kier alpha value is -1.15. The minimum absolute atomic E-state index is 0.00366. The van der Waals surface area contributed by atoms with Crippen molar-refractivity contribution >= 4 is 21.7 Å².